The molecule has 0 saturated carbocycles. The molecule has 46 heavy (non-hydrogen) atoms. The summed E-state index contributed by atoms with van der Waals surface area (Å²) in [6.45, 7) is 7.65. The number of Topliss-reactive ketones (excluding diaryl/α,β-unsaturated/α-hetero) is 1. The van der Waals surface area contributed by atoms with E-state index in [2.05, 4.69) is 20.9 Å². The van der Waals surface area contributed by atoms with Crippen LogP contribution in [0.3, 0.4) is 0 Å². The second kappa shape index (κ2) is 11.9. The number of carbonyl (C=O) groups excluding carboxylic acids is 1. The number of rotatable bonds is 7. The van der Waals surface area contributed by atoms with E-state index in [1.54, 1.807) is 18.3 Å². The van der Waals surface area contributed by atoms with Gasteiger partial charge in [-0.1, -0.05) is 30.3 Å². The molecule has 2 aliphatic heterocycles. The van der Waals surface area contributed by atoms with Gasteiger partial charge in [-0.15, -0.1) is 0 Å². The van der Waals surface area contributed by atoms with Gasteiger partial charge in [0.2, 0.25) is 5.95 Å². The van der Waals surface area contributed by atoms with E-state index in [1.807, 2.05) is 87.5 Å². The maximum absolute atomic E-state index is 14.4. The zero-order valence-corrected chi connectivity index (χ0v) is 26.0. The third-order valence-corrected chi connectivity index (χ3v) is 8.59. The highest BCUT2D eigenvalue weighted by atomic mass is 16.5. The summed E-state index contributed by atoms with van der Waals surface area (Å²) in [6, 6.07) is 23.2. The van der Waals surface area contributed by atoms with Crippen molar-refractivity contribution in [3.8, 4) is 17.2 Å². The number of anilines is 3. The van der Waals surface area contributed by atoms with Gasteiger partial charge in [0.25, 0.3) is 5.56 Å². The van der Waals surface area contributed by atoms with Crippen LogP contribution in [0.2, 0.25) is 0 Å². The highest BCUT2D eigenvalue weighted by Gasteiger charge is 2.44. The van der Waals surface area contributed by atoms with E-state index in [-0.39, 0.29) is 23.6 Å². The molecule has 3 N–H and O–H groups in total. The number of fused-ring (bicyclic) bond motifs is 2. The smallest absolute Gasteiger partial charge is 0.295 e. The summed E-state index contributed by atoms with van der Waals surface area (Å²) >= 11 is 0. The van der Waals surface area contributed by atoms with E-state index in [9.17, 15) is 9.59 Å². The van der Waals surface area contributed by atoms with E-state index in [0.29, 0.717) is 22.3 Å². The summed E-state index contributed by atoms with van der Waals surface area (Å²) in [5.41, 5.74) is 1.88. The average Bonchev–Trinajstić information content (AvgIpc) is 3.05. The Kier molecular flexibility index (Phi) is 7.66. The molecule has 0 bridgehead atoms. The number of para-hydroxylation sites is 2. The molecule has 10 nitrogen and oxygen atoms in total. The molecular formula is C36H36N6O4. The van der Waals surface area contributed by atoms with Gasteiger partial charge in [0.15, 0.2) is 11.5 Å². The molecule has 3 aromatic carbocycles. The van der Waals surface area contributed by atoms with Crippen molar-refractivity contribution in [2.75, 3.05) is 23.7 Å². The molecule has 1 atom stereocenters. The molecule has 0 radical (unpaired) electrons. The number of piperidine rings is 1. The highest BCUT2D eigenvalue weighted by Crippen LogP contribution is 2.39. The van der Waals surface area contributed by atoms with Crippen molar-refractivity contribution in [2.45, 2.75) is 51.3 Å². The zero-order valence-electron chi connectivity index (χ0n) is 26.0. The first-order valence-corrected chi connectivity index (χ1v) is 15.6. The first-order chi connectivity index (χ1) is 22.3. The van der Waals surface area contributed by atoms with Crippen LogP contribution in [0, 0.1) is 6.92 Å². The molecule has 234 valence electrons. The van der Waals surface area contributed by atoms with Crippen LogP contribution < -0.4 is 31.0 Å². The van der Waals surface area contributed by atoms with Gasteiger partial charge >= 0.3 is 0 Å². The van der Waals surface area contributed by atoms with Crippen molar-refractivity contribution in [1.82, 2.24) is 19.9 Å². The molecule has 1 fully saturated rings. The fourth-order valence-electron chi connectivity index (χ4n) is 6.25. The minimum Gasteiger partial charge on any atom is -0.490 e. The molecule has 0 spiro atoms. The number of aromatic nitrogens is 3. The molecular weight excluding hydrogens is 580 g/mol. The SMILES string of the molecule is Cc1ccccc1Oc1cc2cnc(Nc3ccc(OC4CCNCC4)cc3)nc2n(C2C(=O)c3ccccc3NC2(C)C)c1=O. The summed E-state index contributed by atoms with van der Waals surface area (Å²) in [4.78, 5) is 37.9. The van der Waals surface area contributed by atoms with Gasteiger partial charge in [-0.25, -0.2) is 4.98 Å². The summed E-state index contributed by atoms with van der Waals surface area (Å²) < 4.78 is 13.8. The summed E-state index contributed by atoms with van der Waals surface area (Å²) in [5.74, 6) is 1.54. The van der Waals surface area contributed by atoms with Gasteiger partial charge in [-0.2, -0.15) is 4.98 Å². The average molecular weight is 617 g/mol. The molecule has 1 saturated heterocycles. The Labute approximate surface area is 266 Å². The Morgan fingerprint density at radius 1 is 0.935 bits per heavy atom. The second-order valence-electron chi connectivity index (χ2n) is 12.4. The number of ketones is 1. The number of pyridine rings is 1. The molecule has 7 rings (SSSR count). The lowest BCUT2D eigenvalue weighted by Gasteiger charge is -2.41. The first kappa shape index (κ1) is 29.5. The van der Waals surface area contributed by atoms with Crippen LogP contribution in [-0.4, -0.2) is 45.1 Å². The maximum atomic E-state index is 14.4. The van der Waals surface area contributed by atoms with E-state index in [4.69, 9.17) is 14.5 Å². The molecule has 2 aliphatic rings. The molecule has 5 aromatic rings. The largest absolute Gasteiger partial charge is 0.490 e. The lowest BCUT2D eigenvalue weighted by atomic mass is 9.82. The predicted octanol–water partition coefficient (Wildman–Crippen LogP) is 6.39. The molecule has 1 unspecified atom stereocenters. The van der Waals surface area contributed by atoms with Crippen molar-refractivity contribution in [3.05, 3.63) is 107 Å². The Hall–Kier alpha value is -5.22. The van der Waals surface area contributed by atoms with E-state index in [0.717, 1.165) is 48.6 Å². The third-order valence-electron chi connectivity index (χ3n) is 8.59. The standard InChI is InChI=1S/C36H36N6O4/c1-22-8-4-7-11-29(22)46-30-20-23-21-38-35(39-24-12-14-25(15-13-24)45-26-16-18-37-19-17-26)40-33(23)42(34(30)44)32-31(43)27-9-5-6-10-28(27)41-36(32,2)3/h4-15,20-21,26,32,37,41H,16-19H2,1-3H3,(H,38,39,40). The zero-order chi connectivity index (χ0) is 31.8. The lowest BCUT2D eigenvalue weighted by Crippen LogP contribution is -2.51. The number of carbonyl (C=O) groups is 1. The molecule has 10 heteroatoms. The van der Waals surface area contributed by atoms with Gasteiger partial charge in [0, 0.05) is 28.5 Å². The second-order valence-corrected chi connectivity index (χ2v) is 12.4. The van der Waals surface area contributed by atoms with Gasteiger partial charge in [-0.05, 0) is 101 Å². The minimum absolute atomic E-state index is 0.0814. The van der Waals surface area contributed by atoms with E-state index >= 15 is 0 Å². The number of ether oxygens (including phenoxy) is 2. The number of hydrogen-bond acceptors (Lipinski definition) is 9. The predicted molar refractivity (Wildman–Crippen MR) is 179 cm³/mol. The number of aryl methyl sites for hydroxylation is 1. The maximum Gasteiger partial charge on any atom is 0.295 e. The fourth-order valence-corrected chi connectivity index (χ4v) is 6.25. The van der Waals surface area contributed by atoms with Crippen LogP contribution in [0.15, 0.2) is 89.9 Å². The summed E-state index contributed by atoms with van der Waals surface area (Å²) in [5, 5.41) is 10.6. The van der Waals surface area contributed by atoms with Crippen LogP contribution in [0.5, 0.6) is 17.2 Å². The van der Waals surface area contributed by atoms with Gasteiger partial charge in [-0.3, -0.25) is 14.2 Å². The Balaban J connectivity index is 1.29. The molecule has 4 heterocycles. The van der Waals surface area contributed by atoms with Crippen LogP contribution in [-0.2, 0) is 0 Å². The summed E-state index contributed by atoms with van der Waals surface area (Å²) in [6.07, 6.45) is 3.80. The Morgan fingerprint density at radius 2 is 1.67 bits per heavy atom. The van der Waals surface area contributed by atoms with Gasteiger partial charge in [0.1, 0.15) is 29.3 Å². The molecule has 0 amide bonds. The van der Waals surface area contributed by atoms with Gasteiger partial charge < -0.3 is 25.4 Å². The number of benzene rings is 3. The van der Waals surface area contributed by atoms with E-state index < -0.39 is 17.1 Å². The van der Waals surface area contributed by atoms with Gasteiger partial charge in [0.05, 0.1) is 5.54 Å². The molecule has 0 aliphatic carbocycles. The van der Waals surface area contributed by atoms with Crippen molar-refractivity contribution in [2.24, 2.45) is 0 Å². The lowest BCUT2D eigenvalue weighted by molar-refractivity contribution is 0.0876. The minimum atomic E-state index is -0.924. The molecule has 2 aromatic heterocycles. The fraction of sp³-hybridized carbons (Fsp3) is 0.278. The van der Waals surface area contributed by atoms with Crippen molar-refractivity contribution >= 4 is 34.1 Å². The number of hydrogen-bond donors (Lipinski definition) is 3. The number of nitrogens with zero attached hydrogens (tertiary/aromatic N) is 3. The first-order valence-electron chi connectivity index (χ1n) is 15.6. The van der Waals surface area contributed by atoms with Crippen LogP contribution in [0.1, 0.15) is 48.7 Å². The van der Waals surface area contributed by atoms with E-state index in [1.165, 1.54) is 4.57 Å². The Bertz CT molecular complexity index is 1980. The normalized spacial score (nSPS) is 17.6. The van der Waals surface area contributed by atoms with Crippen molar-refractivity contribution in [1.29, 1.82) is 0 Å². The Morgan fingerprint density at radius 3 is 2.46 bits per heavy atom. The number of nitrogens with one attached hydrogen (secondary N) is 3. The van der Waals surface area contributed by atoms with Crippen LogP contribution >= 0.6 is 0 Å². The topological polar surface area (TPSA) is 119 Å². The monoisotopic (exact) mass is 616 g/mol. The van der Waals surface area contributed by atoms with Crippen LogP contribution in [0.4, 0.5) is 17.3 Å². The quantitative estimate of drug-likeness (QED) is 0.191. The third kappa shape index (κ3) is 5.67. The summed E-state index contributed by atoms with van der Waals surface area (Å²) in [7, 11) is 0. The van der Waals surface area contributed by atoms with Crippen LogP contribution in [0.25, 0.3) is 11.0 Å². The van der Waals surface area contributed by atoms with Crippen molar-refractivity contribution in [3.63, 3.8) is 0 Å². The highest BCUT2D eigenvalue weighted by molar-refractivity contribution is 6.07. The van der Waals surface area contributed by atoms with Crippen molar-refractivity contribution < 1.29 is 14.3 Å².